The minimum atomic E-state index is 0.103. The first-order valence-corrected chi connectivity index (χ1v) is 8.65. The quantitative estimate of drug-likeness (QED) is 0.918. The van der Waals surface area contributed by atoms with Crippen molar-refractivity contribution in [3.63, 3.8) is 0 Å². The highest BCUT2D eigenvalue weighted by Crippen LogP contribution is 2.27. The maximum atomic E-state index is 13.1. The Morgan fingerprint density at radius 2 is 2.21 bits per heavy atom. The summed E-state index contributed by atoms with van der Waals surface area (Å²) in [7, 11) is 0. The van der Waals surface area contributed by atoms with E-state index in [9.17, 15) is 4.79 Å². The molecule has 5 heteroatoms. The number of aliphatic hydroxyl groups excluding tert-OH is 1. The first kappa shape index (κ1) is 16.7. The van der Waals surface area contributed by atoms with E-state index in [1.54, 1.807) is 6.20 Å². The second-order valence-corrected chi connectivity index (χ2v) is 6.47. The van der Waals surface area contributed by atoms with Crippen LogP contribution in [0.5, 0.6) is 0 Å². The zero-order chi connectivity index (χ0) is 17.1. The van der Waals surface area contributed by atoms with Gasteiger partial charge in [-0.2, -0.15) is 0 Å². The summed E-state index contributed by atoms with van der Waals surface area (Å²) in [6, 6.07) is 8.01. The van der Waals surface area contributed by atoms with Crippen molar-refractivity contribution in [3.05, 3.63) is 47.4 Å². The molecule has 1 amide bonds. The largest absolute Gasteiger partial charge is 0.396 e. The van der Waals surface area contributed by atoms with Crippen LogP contribution in [-0.4, -0.2) is 44.7 Å². The van der Waals surface area contributed by atoms with Crippen molar-refractivity contribution in [2.24, 2.45) is 0 Å². The minimum absolute atomic E-state index is 0.103. The van der Waals surface area contributed by atoms with Gasteiger partial charge in [0.2, 0.25) is 0 Å². The fourth-order valence-electron chi connectivity index (χ4n) is 3.70. The van der Waals surface area contributed by atoms with Crippen molar-refractivity contribution >= 4 is 5.91 Å². The van der Waals surface area contributed by atoms with E-state index in [0.29, 0.717) is 0 Å². The smallest absolute Gasteiger partial charge is 0.255 e. The highest BCUT2D eigenvalue weighted by molar-refractivity contribution is 5.96. The van der Waals surface area contributed by atoms with Crippen molar-refractivity contribution < 1.29 is 9.90 Å². The number of aromatic nitrogens is 2. The van der Waals surface area contributed by atoms with Crippen LogP contribution in [0.1, 0.15) is 47.4 Å². The van der Waals surface area contributed by atoms with E-state index in [-0.39, 0.29) is 18.6 Å². The highest BCUT2D eigenvalue weighted by atomic mass is 16.3. The molecule has 1 aliphatic heterocycles. The Morgan fingerprint density at radius 1 is 1.38 bits per heavy atom. The molecular weight excluding hydrogens is 302 g/mol. The van der Waals surface area contributed by atoms with E-state index < -0.39 is 0 Å². The van der Waals surface area contributed by atoms with Crippen molar-refractivity contribution in [2.45, 2.75) is 45.6 Å². The van der Waals surface area contributed by atoms with Gasteiger partial charge in [-0.05, 0) is 57.7 Å². The number of likely N-dealkylation sites (tertiary alicyclic amines) is 1. The zero-order valence-electron chi connectivity index (χ0n) is 14.4. The number of hydrogen-bond donors (Lipinski definition) is 1. The van der Waals surface area contributed by atoms with Crippen molar-refractivity contribution in [2.75, 3.05) is 13.2 Å². The minimum Gasteiger partial charge on any atom is -0.396 e. The van der Waals surface area contributed by atoms with Crippen LogP contribution < -0.4 is 0 Å². The summed E-state index contributed by atoms with van der Waals surface area (Å²) in [6.07, 6.45) is 5.47. The molecule has 1 atom stereocenters. The third-order valence-electron chi connectivity index (χ3n) is 4.87. The molecule has 3 heterocycles. The number of pyridine rings is 1. The molecule has 1 unspecified atom stereocenters. The van der Waals surface area contributed by atoms with Crippen LogP contribution in [0.25, 0.3) is 5.82 Å². The molecule has 24 heavy (non-hydrogen) atoms. The molecule has 0 aliphatic carbocycles. The topological polar surface area (TPSA) is 58.4 Å². The van der Waals surface area contributed by atoms with Gasteiger partial charge in [-0.25, -0.2) is 4.98 Å². The van der Waals surface area contributed by atoms with E-state index in [2.05, 4.69) is 4.98 Å². The first-order chi connectivity index (χ1) is 11.6. The van der Waals surface area contributed by atoms with E-state index in [1.165, 1.54) is 0 Å². The number of rotatable bonds is 5. The molecule has 1 fully saturated rings. The number of hydrogen-bond acceptors (Lipinski definition) is 3. The molecule has 2 aromatic heterocycles. The average molecular weight is 327 g/mol. The van der Waals surface area contributed by atoms with Gasteiger partial charge in [-0.3, -0.25) is 4.79 Å². The SMILES string of the molecule is Cc1cc(C(=O)N2CCCC2CCCO)c(C)n1-c1ccccn1. The van der Waals surface area contributed by atoms with E-state index in [1.807, 2.05) is 47.6 Å². The lowest BCUT2D eigenvalue weighted by Gasteiger charge is -2.24. The lowest BCUT2D eigenvalue weighted by molar-refractivity contribution is 0.0723. The molecule has 1 saturated heterocycles. The van der Waals surface area contributed by atoms with Crippen LogP contribution in [0.4, 0.5) is 0 Å². The van der Waals surface area contributed by atoms with Gasteiger partial charge < -0.3 is 14.6 Å². The van der Waals surface area contributed by atoms with Crippen molar-refractivity contribution in [1.29, 1.82) is 0 Å². The summed E-state index contributed by atoms with van der Waals surface area (Å²) in [5.74, 6) is 0.940. The molecule has 0 radical (unpaired) electrons. The second kappa shape index (κ2) is 7.18. The Morgan fingerprint density at radius 3 is 2.92 bits per heavy atom. The van der Waals surface area contributed by atoms with Crippen LogP contribution in [0.2, 0.25) is 0 Å². The Bertz CT molecular complexity index is 709. The maximum Gasteiger partial charge on any atom is 0.255 e. The van der Waals surface area contributed by atoms with Gasteiger partial charge in [0.25, 0.3) is 5.91 Å². The van der Waals surface area contributed by atoms with Gasteiger partial charge >= 0.3 is 0 Å². The van der Waals surface area contributed by atoms with Crippen LogP contribution in [-0.2, 0) is 0 Å². The molecule has 0 spiro atoms. The Hall–Kier alpha value is -2.14. The number of aryl methyl sites for hydroxylation is 1. The van der Waals surface area contributed by atoms with Gasteiger partial charge in [0.1, 0.15) is 5.82 Å². The molecule has 2 aromatic rings. The average Bonchev–Trinajstić information content (AvgIpc) is 3.17. The van der Waals surface area contributed by atoms with Crippen LogP contribution in [0.3, 0.4) is 0 Å². The fraction of sp³-hybridized carbons (Fsp3) is 0.474. The number of nitrogens with zero attached hydrogens (tertiary/aromatic N) is 3. The van der Waals surface area contributed by atoms with Crippen molar-refractivity contribution in [1.82, 2.24) is 14.5 Å². The molecule has 0 aromatic carbocycles. The molecule has 0 bridgehead atoms. The number of amides is 1. The normalized spacial score (nSPS) is 17.5. The third kappa shape index (κ3) is 3.08. The van der Waals surface area contributed by atoms with E-state index in [0.717, 1.165) is 55.0 Å². The van der Waals surface area contributed by atoms with Crippen molar-refractivity contribution in [3.8, 4) is 5.82 Å². The predicted molar refractivity (Wildman–Crippen MR) is 93.4 cm³/mol. The van der Waals surface area contributed by atoms with Gasteiger partial charge in [-0.1, -0.05) is 6.07 Å². The number of carbonyl (C=O) groups excluding carboxylic acids is 1. The number of aliphatic hydroxyl groups is 1. The van der Waals surface area contributed by atoms with Gasteiger partial charge in [0, 0.05) is 36.8 Å². The molecular formula is C19H25N3O2. The summed E-state index contributed by atoms with van der Waals surface area (Å²) in [5.41, 5.74) is 2.71. The molecule has 5 nitrogen and oxygen atoms in total. The highest BCUT2D eigenvalue weighted by Gasteiger charge is 2.31. The van der Waals surface area contributed by atoms with E-state index in [4.69, 9.17) is 5.11 Å². The Balaban J connectivity index is 1.89. The lowest BCUT2D eigenvalue weighted by atomic mass is 10.1. The summed E-state index contributed by atoms with van der Waals surface area (Å²) in [4.78, 5) is 19.5. The second-order valence-electron chi connectivity index (χ2n) is 6.47. The van der Waals surface area contributed by atoms with E-state index >= 15 is 0 Å². The van der Waals surface area contributed by atoms with Gasteiger partial charge in [0.05, 0.1) is 5.56 Å². The van der Waals surface area contributed by atoms with Crippen LogP contribution in [0, 0.1) is 13.8 Å². The van der Waals surface area contributed by atoms with Crippen LogP contribution in [0.15, 0.2) is 30.5 Å². The summed E-state index contributed by atoms with van der Waals surface area (Å²) in [6.45, 7) is 4.98. The molecule has 3 rings (SSSR count). The third-order valence-corrected chi connectivity index (χ3v) is 4.87. The maximum absolute atomic E-state index is 13.1. The molecule has 1 N–H and O–H groups in total. The van der Waals surface area contributed by atoms with Gasteiger partial charge in [0.15, 0.2) is 0 Å². The zero-order valence-corrected chi connectivity index (χ0v) is 14.4. The Labute approximate surface area is 142 Å². The molecule has 0 saturated carbocycles. The first-order valence-electron chi connectivity index (χ1n) is 8.65. The fourth-order valence-corrected chi connectivity index (χ4v) is 3.70. The van der Waals surface area contributed by atoms with Crippen LogP contribution >= 0.6 is 0 Å². The summed E-state index contributed by atoms with van der Waals surface area (Å²) >= 11 is 0. The standard InChI is InChI=1S/C19H25N3O2/c1-14-13-17(15(2)22(14)18-9-3-4-10-20-18)19(24)21-11-5-7-16(21)8-6-12-23/h3-4,9-10,13,16,23H,5-8,11-12H2,1-2H3. The number of carbonyl (C=O) groups is 1. The van der Waals surface area contributed by atoms with Gasteiger partial charge in [-0.15, -0.1) is 0 Å². The monoisotopic (exact) mass is 327 g/mol. The molecule has 1 aliphatic rings. The Kier molecular flexibility index (Phi) is 5.00. The summed E-state index contributed by atoms with van der Waals surface area (Å²) in [5, 5.41) is 9.06. The summed E-state index contributed by atoms with van der Waals surface area (Å²) < 4.78 is 2.03. The predicted octanol–water partition coefficient (Wildman–Crippen LogP) is 2.87. The molecule has 128 valence electrons. The lowest BCUT2D eigenvalue weighted by Crippen LogP contribution is -2.35.